The van der Waals surface area contributed by atoms with E-state index in [1.54, 1.807) is 0 Å². The van der Waals surface area contributed by atoms with Gasteiger partial charge >= 0.3 is 0 Å². The summed E-state index contributed by atoms with van der Waals surface area (Å²) in [5.74, 6) is 0. The molecule has 1 saturated heterocycles. The molecule has 0 amide bonds. The largest absolute Gasteiger partial charge is 0.381 e. The van der Waals surface area contributed by atoms with Crippen LogP contribution in [0.15, 0.2) is 48.5 Å². The molecule has 0 atom stereocenters. The quantitative estimate of drug-likeness (QED) is 0.860. The van der Waals surface area contributed by atoms with Gasteiger partial charge in [-0.05, 0) is 61.2 Å². The highest BCUT2D eigenvalue weighted by atomic mass is 35.5. The third kappa shape index (κ3) is 3.92. The molecule has 1 N–H and O–H groups in total. The summed E-state index contributed by atoms with van der Waals surface area (Å²) in [6, 6.07) is 16.7. The molecule has 2 aromatic rings. The number of benzene rings is 2. The van der Waals surface area contributed by atoms with Gasteiger partial charge in [0.15, 0.2) is 0 Å². The van der Waals surface area contributed by atoms with Crippen LogP contribution in [-0.4, -0.2) is 13.1 Å². The average molecular weight is 301 g/mol. The van der Waals surface area contributed by atoms with Crippen molar-refractivity contribution in [3.63, 3.8) is 0 Å². The van der Waals surface area contributed by atoms with Crippen LogP contribution in [0.25, 0.3) is 0 Å². The van der Waals surface area contributed by atoms with E-state index in [0.29, 0.717) is 0 Å². The van der Waals surface area contributed by atoms with E-state index in [0.717, 1.165) is 17.3 Å². The van der Waals surface area contributed by atoms with Crippen molar-refractivity contribution < 1.29 is 0 Å². The highest BCUT2D eigenvalue weighted by molar-refractivity contribution is 6.30. The first kappa shape index (κ1) is 14.3. The normalized spacial score (nSPS) is 15.0. The highest BCUT2D eigenvalue weighted by Crippen LogP contribution is 2.22. The summed E-state index contributed by atoms with van der Waals surface area (Å²) in [6.07, 6.45) is 4.00. The Morgan fingerprint density at radius 1 is 0.857 bits per heavy atom. The Labute approximate surface area is 131 Å². The fraction of sp³-hybridized carbons (Fsp3) is 0.333. The predicted octanol–water partition coefficient (Wildman–Crippen LogP) is 4.94. The molecule has 0 radical (unpaired) electrons. The third-order valence-corrected chi connectivity index (χ3v) is 4.25. The van der Waals surface area contributed by atoms with E-state index < -0.39 is 0 Å². The van der Waals surface area contributed by atoms with Crippen molar-refractivity contribution in [1.29, 1.82) is 0 Å². The minimum Gasteiger partial charge on any atom is -0.381 e. The van der Waals surface area contributed by atoms with E-state index in [9.17, 15) is 0 Å². The first-order chi connectivity index (χ1) is 10.3. The Hall–Kier alpha value is -1.67. The summed E-state index contributed by atoms with van der Waals surface area (Å²) in [4.78, 5) is 2.48. The molecule has 0 saturated carbocycles. The summed E-state index contributed by atoms with van der Waals surface area (Å²) in [5, 5.41) is 4.23. The van der Waals surface area contributed by atoms with Crippen molar-refractivity contribution in [3.8, 4) is 0 Å². The topological polar surface area (TPSA) is 15.3 Å². The lowest BCUT2D eigenvalue weighted by molar-refractivity contribution is 0.578. The Balaban J connectivity index is 1.57. The Kier molecular flexibility index (Phi) is 4.66. The van der Waals surface area contributed by atoms with Crippen molar-refractivity contribution in [1.82, 2.24) is 0 Å². The van der Waals surface area contributed by atoms with Gasteiger partial charge in [0, 0.05) is 36.0 Å². The molecule has 110 valence electrons. The average Bonchev–Trinajstić information content (AvgIpc) is 2.56. The lowest BCUT2D eigenvalue weighted by atomic mass is 10.1. The lowest BCUT2D eigenvalue weighted by Crippen LogP contribution is -2.29. The van der Waals surface area contributed by atoms with Crippen LogP contribution in [0, 0.1) is 0 Å². The number of anilines is 2. The van der Waals surface area contributed by atoms with Gasteiger partial charge in [-0.3, -0.25) is 0 Å². The molecular weight excluding hydrogens is 280 g/mol. The molecule has 21 heavy (non-hydrogen) atoms. The summed E-state index contributed by atoms with van der Waals surface area (Å²) < 4.78 is 0. The number of hydrogen-bond donors (Lipinski definition) is 1. The molecule has 1 fully saturated rings. The van der Waals surface area contributed by atoms with E-state index in [1.807, 2.05) is 12.1 Å². The molecule has 0 aliphatic carbocycles. The maximum Gasteiger partial charge on any atom is 0.0406 e. The molecule has 1 aliphatic heterocycles. The molecule has 3 rings (SSSR count). The van der Waals surface area contributed by atoms with Gasteiger partial charge in [0.05, 0.1) is 0 Å². The number of halogens is 1. The van der Waals surface area contributed by atoms with E-state index in [-0.39, 0.29) is 0 Å². The van der Waals surface area contributed by atoms with Gasteiger partial charge in [0.2, 0.25) is 0 Å². The van der Waals surface area contributed by atoms with E-state index in [1.165, 1.54) is 43.6 Å². The molecule has 2 nitrogen and oxygen atoms in total. The Bertz CT molecular complexity index is 557. The van der Waals surface area contributed by atoms with Crippen LogP contribution >= 0.6 is 11.6 Å². The second kappa shape index (κ2) is 6.86. The van der Waals surface area contributed by atoms with Crippen LogP contribution in [-0.2, 0) is 6.54 Å². The predicted molar refractivity (Wildman–Crippen MR) is 91.3 cm³/mol. The van der Waals surface area contributed by atoms with Crippen molar-refractivity contribution in [2.45, 2.75) is 25.8 Å². The van der Waals surface area contributed by atoms with Crippen LogP contribution in [0.2, 0.25) is 5.02 Å². The molecular formula is C18H21ClN2. The fourth-order valence-corrected chi connectivity index (χ4v) is 2.87. The van der Waals surface area contributed by atoms with Crippen molar-refractivity contribution in [3.05, 3.63) is 59.1 Å². The minimum atomic E-state index is 0.782. The monoisotopic (exact) mass is 300 g/mol. The zero-order valence-corrected chi connectivity index (χ0v) is 12.9. The number of nitrogens with zero attached hydrogens (tertiary/aromatic N) is 1. The summed E-state index contributed by atoms with van der Waals surface area (Å²) in [7, 11) is 0. The van der Waals surface area contributed by atoms with Crippen molar-refractivity contribution >= 4 is 23.0 Å². The van der Waals surface area contributed by atoms with Gasteiger partial charge in [-0.15, -0.1) is 0 Å². The molecule has 2 aromatic carbocycles. The Morgan fingerprint density at radius 2 is 1.52 bits per heavy atom. The maximum absolute atomic E-state index is 5.89. The van der Waals surface area contributed by atoms with Gasteiger partial charge in [-0.1, -0.05) is 23.7 Å². The van der Waals surface area contributed by atoms with Gasteiger partial charge in [-0.2, -0.15) is 0 Å². The van der Waals surface area contributed by atoms with Gasteiger partial charge < -0.3 is 10.2 Å². The van der Waals surface area contributed by atoms with E-state index in [2.05, 4.69) is 46.6 Å². The molecule has 1 heterocycles. The number of piperidine rings is 1. The second-order valence-corrected chi connectivity index (χ2v) is 6.01. The van der Waals surface area contributed by atoms with E-state index >= 15 is 0 Å². The van der Waals surface area contributed by atoms with Gasteiger partial charge in [0.25, 0.3) is 0 Å². The fourth-order valence-electron chi connectivity index (χ4n) is 2.75. The molecule has 1 aliphatic rings. The molecule has 0 unspecified atom stereocenters. The SMILES string of the molecule is Clc1ccc(CNc2ccc(N3CCCCC3)cc2)cc1. The molecule has 0 aromatic heterocycles. The molecule has 0 bridgehead atoms. The minimum absolute atomic E-state index is 0.782. The molecule has 3 heteroatoms. The second-order valence-electron chi connectivity index (χ2n) is 5.57. The van der Waals surface area contributed by atoms with Crippen LogP contribution in [0.5, 0.6) is 0 Å². The number of rotatable bonds is 4. The summed E-state index contributed by atoms with van der Waals surface area (Å²) >= 11 is 5.89. The Morgan fingerprint density at radius 3 is 2.19 bits per heavy atom. The number of nitrogens with one attached hydrogen (secondary N) is 1. The van der Waals surface area contributed by atoms with Gasteiger partial charge in [0.1, 0.15) is 0 Å². The summed E-state index contributed by atoms with van der Waals surface area (Å²) in [6.45, 7) is 3.20. The first-order valence-electron chi connectivity index (χ1n) is 7.64. The van der Waals surface area contributed by atoms with Crippen molar-refractivity contribution in [2.24, 2.45) is 0 Å². The maximum atomic E-state index is 5.89. The zero-order valence-electron chi connectivity index (χ0n) is 12.2. The highest BCUT2D eigenvalue weighted by Gasteiger charge is 2.10. The molecule has 0 spiro atoms. The van der Waals surface area contributed by atoms with Gasteiger partial charge in [-0.25, -0.2) is 0 Å². The standard InChI is InChI=1S/C18H21ClN2/c19-16-6-4-15(5-7-16)14-20-17-8-10-18(11-9-17)21-12-2-1-3-13-21/h4-11,20H,1-3,12-14H2. The van der Waals surface area contributed by atoms with Crippen LogP contribution in [0.1, 0.15) is 24.8 Å². The van der Waals surface area contributed by atoms with E-state index in [4.69, 9.17) is 11.6 Å². The van der Waals surface area contributed by atoms with Crippen molar-refractivity contribution in [2.75, 3.05) is 23.3 Å². The van der Waals surface area contributed by atoms with Crippen LogP contribution in [0.3, 0.4) is 0 Å². The third-order valence-electron chi connectivity index (χ3n) is 4.00. The van der Waals surface area contributed by atoms with Crippen LogP contribution in [0.4, 0.5) is 11.4 Å². The smallest absolute Gasteiger partial charge is 0.0406 e. The lowest BCUT2D eigenvalue weighted by Gasteiger charge is -2.28. The zero-order chi connectivity index (χ0) is 14.5. The first-order valence-corrected chi connectivity index (χ1v) is 8.02. The van der Waals surface area contributed by atoms with Crippen LogP contribution < -0.4 is 10.2 Å². The number of hydrogen-bond acceptors (Lipinski definition) is 2. The summed E-state index contributed by atoms with van der Waals surface area (Å²) in [5.41, 5.74) is 3.73.